The van der Waals surface area contributed by atoms with E-state index in [2.05, 4.69) is 21.9 Å². The van der Waals surface area contributed by atoms with E-state index in [1.165, 1.54) is 5.56 Å². The van der Waals surface area contributed by atoms with Crippen LogP contribution in [-0.2, 0) is 6.54 Å². The third-order valence-corrected chi connectivity index (χ3v) is 3.54. The lowest BCUT2D eigenvalue weighted by atomic mass is 10.2. The van der Waals surface area contributed by atoms with Crippen LogP contribution >= 0.6 is 11.6 Å². The summed E-state index contributed by atoms with van der Waals surface area (Å²) in [6.07, 6.45) is 0.633. The van der Waals surface area contributed by atoms with Crippen molar-refractivity contribution in [2.24, 2.45) is 0 Å². The highest BCUT2D eigenvalue weighted by atomic mass is 35.5. The van der Waals surface area contributed by atoms with Crippen LogP contribution < -0.4 is 0 Å². The molecule has 1 heterocycles. The van der Waals surface area contributed by atoms with Crippen LogP contribution in [0.15, 0.2) is 24.3 Å². The van der Waals surface area contributed by atoms with Gasteiger partial charge in [-0.3, -0.25) is 9.80 Å². The third-order valence-electron chi connectivity index (χ3n) is 3.30. The zero-order valence-corrected chi connectivity index (χ0v) is 11.2. The molecule has 1 aromatic rings. The van der Waals surface area contributed by atoms with Gasteiger partial charge in [0.25, 0.3) is 0 Å². The van der Waals surface area contributed by atoms with Crippen LogP contribution in [0.25, 0.3) is 0 Å². The molecule has 0 aliphatic carbocycles. The standard InChI is InChI=1S/C14H18ClN3/c15-14-4-1-3-13(11-14)12-18-9-7-17(8-10-18)6-2-5-16/h1,3-4,11H,2,6-10,12H2. The Balaban J connectivity index is 1.78. The minimum Gasteiger partial charge on any atom is -0.300 e. The number of nitrogens with zero attached hydrogens (tertiary/aromatic N) is 3. The molecular weight excluding hydrogens is 246 g/mol. The molecule has 1 fully saturated rings. The number of benzene rings is 1. The molecule has 18 heavy (non-hydrogen) atoms. The summed E-state index contributed by atoms with van der Waals surface area (Å²) in [5.74, 6) is 0. The van der Waals surface area contributed by atoms with Gasteiger partial charge in [0.1, 0.15) is 0 Å². The maximum atomic E-state index is 8.57. The highest BCUT2D eigenvalue weighted by molar-refractivity contribution is 6.30. The van der Waals surface area contributed by atoms with Gasteiger partial charge in [-0.2, -0.15) is 5.26 Å². The van der Waals surface area contributed by atoms with Crippen LogP contribution in [0, 0.1) is 11.3 Å². The highest BCUT2D eigenvalue weighted by Gasteiger charge is 2.16. The van der Waals surface area contributed by atoms with Crippen molar-refractivity contribution in [2.45, 2.75) is 13.0 Å². The Hall–Kier alpha value is -1.08. The monoisotopic (exact) mass is 263 g/mol. The van der Waals surface area contributed by atoms with Gasteiger partial charge in [-0.1, -0.05) is 23.7 Å². The van der Waals surface area contributed by atoms with E-state index in [0.29, 0.717) is 6.42 Å². The molecule has 1 aliphatic heterocycles. The summed E-state index contributed by atoms with van der Waals surface area (Å²) in [6.45, 7) is 6.12. The lowest BCUT2D eigenvalue weighted by Crippen LogP contribution is -2.46. The van der Waals surface area contributed by atoms with E-state index < -0.39 is 0 Å². The van der Waals surface area contributed by atoms with Gasteiger partial charge in [0, 0.05) is 50.7 Å². The van der Waals surface area contributed by atoms with Gasteiger partial charge in [-0.05, 0) is 17.7 Å². The van der Waals surface area contributed by atoms with Gasteiger partial charge in [-0.25, -0.2) is 0 Å². The van der Waals surface area contributed by atoms with Crippen molar-refractivity contribution in [1.82, 2.24) is 9.80 Å². The summed E-state index contributed by atoms with van der Waals surface area (Å²) >= 11 is 5.99. The Labute approximate surface area is 114 Å². The lowest BCUT2D eigenvalue weighted by molar-refractivity contribution is 0.129. The van der Waals surface area contributed by atoms with Gasteiger partial charge in [-0.15, -0.1) is 0 Å². The van der Waals surface area contributed by atoms with E-state index in [9.17, 15) is 0 Å². The first-order valence-electron chi connectivity index (χ1n) is 6.34. The molecular formula is C14H18ClN3. The van der Waals surface area contributed by atoms with Crippen molar-refractivity contribution in [3.63, 3.8) is 0 Å². The topological polar surface area (TPSA) is 30.3 Å². The minimum absolute atomic E-state index is 0.633. The van der Waals surface area contributed by atoms with Crippen molar-refractivity contribution >= 4 is 11.6 Å². The molecule has 2 rings (SSSR count). The van der Waals surface area contributed by atoms with Crippen LogP contribution in [0.2, 0.25) is 5.02 Å². The molecule has 4 heteroatoms. The molecule has 0 unspecified atom stereocenters. The molecule has 1 aromatic carbocycles. The van der Waals surface area contributed by atoms with Crippen LogP contribution in [0.1, 0.15) is 12.0 Å². The maximum absolute atomic E-state index is 8.57. The normalized spacial score (nSPS) is 17.6. The smallest absolute Gasteiger partial charge is 0.0635 e. The van der Waals surface area contributed by atoms with Crippen molar-refractivity contribution < 1.29 is 0 Å². The molecule has 3 nitrogen and oxygen atoms in total. The van der Waals surface area contributed by atoms with Gasteiger partial charge >= 0.3 is 0 Å². The van der Waals surface area contributed by atoms with Crippen LogP contribution in [0.3, 0.4) is 0 Å². The zero-order valence-electron chi connectivity index (χ0n) is 10.5. The quantitative estimate of drug-likeness (QED) is 0.836. The van der Waals surface area contributed by atoms with E-state index in [0.717, 1.165) is 44.3 Å². The molecule has 0 spiro atoms. The fraction of sp³-hybridized carbons (Fsp3) is 0.500. The van der Waals surface area contributed by atoms with E-state index >= 15 is 0 Å². The molecule has 0 atom stereocenters. The van der Waals surface area contributed by atoms with Crippen molar-refractivity contribution in [3.05, 3.63) is 34.9 Å². The second-order valence-corrected chi connectivity index (χ2v) is 5.09. The minimum atomic E-state index is 0.633. The van der Waals surface area contributed by atoms with Gasteiger partial charge in [0.2, 0.25) is 0 Å². The molecule has 96 valence electrons. The molecule has 0 saturated carbocycles. The van der Waals surface area contributed by atoms with E-state index in [1.807, 2.05) is 18.2 Å². The molecule has 1 saturated heterocycles. The van der Waals surface area contributed by atoms with Gasteiger partial charge in [0.05, 0.1) is 6.07 Å². The predicted molar refractivity (Wildman–Crippen MR) is 73.4 cm³/mol. The molecule has 0 bridgehead atoms. The first-order chi connectivity index (χ1) is 8.78. The van der Waals surface area contributed by atoms with Crippen molar-refractivity contribution in [2.75, 3.05) is 32.7 Å². The van der Waals surface area contributed by atoms with Crippen molar-refractivity contribution in [3.8, 4) is 6.07 Å². The predicted octanol–water partition coefficient (Wildman–Crippen LogP) is 2.37. The lowest BCUT2D eigenvalue weighted by Gasteiger charge is -2.34. The van der Waals surface area contributed by atoms with Gasteiger partial charge in [0.15, 0.2) is 0 Å². The first-order valence-corrected chi connectivity index (χ1v) is 6.72. The number of hydrogen-bond acceptors (Lipinski definition) is 3. The Kier molecular flexibility index (Phi) is 5.00. The number of nitriles is 1. The molecule has 0 N–H and O–H groups in total. The second kappa shape index (κ2) is 6.75. The van der Waals surface area contributed by atoms with Crippen molar-refractivity contribution in [1.29, 1.82) is 5.26 Å². The maximum Gasteiger partial charge on any atom is 0.0635 e. The Morgan fingerprint density at radius 2 is 1.89 bits per heavy atom. The average molecular weight is 264 g/mol. The molecule has 1 aliphatic rings. The highest BCUT2D eigenvalue weighted by Crippen LogP contribution is 2.13. The van der Waals surface area contributed by atoms with Crippen LogP contribution in [0.4, 0.5) is 0 Å². The first kappa shape index (κ1) is 13.4. The van der Waals surface area contributed by atoms with E-state index in [-0.39, 0.29) is 0 Å². The van der Waals surface area contributed by atoms with Crippen LogP contribution in [0.5, 0.6) is 0 Å². The van der Waals surface area contributed by atoms with E-state index in [1.54, 1.807) is 0 Å². The number of rotatable bonds is 4. The summed E-state index contributed by atoms with van der Waals surface area (Å²) in [5, 5.41) is 9.38. The number of halogens is 1. The average Bonchev–Trinajstić information content (AvgIpc) is 2.38. The largest absolute Gasteiger partial charge is 0.300 e. The SMILES string of the molecule is N#CCCN1CCN(Cc2cccc(Cl)c2)CC1. The van der Waals surface area contributed by atoms with E-state index in [4.69, 9.17) is 16.9 Å². The summed E-state index contributed by atoms with van der Waals surface area (Å²) in [5.41, 5.74) is 1.27. The summed E-state index contributed by atoms with van der Waals surface area (Å²) in [7, 11) is 0. The molecule has 0 radical (unpaired) electrons. The second-order valence-electron chi connectivity index (χ2n) is 4.66. The summed E-state index contributed by atoms with van der Waals surface area (Å²) in [4.78, 5) is 4.80. The molecule has 0 aromatic heterocycles. The van der Waals surface area contributed by atoms with Crippen LogP contribution in [-0.4, -0.2) is 42.5 Å². The zero-order chi connectivity index (χ0) is 12.8. The number of piperazine rings is 1. The van der Waals surface area contributed by atoms with Gasteiger partial charge < -0.3 is 0 Å². The Bertz CT molecular complexity index is 419. The summed E-state index contributed by atoms with van der Waals surface area (Å²) < 4.78 is 0. The Morgan fingerprint density at radius 3 is 2.56 bits per heavy atom. The summed E-state index contributed by atoms with van der Waals surface area (Å²) in [6, 6.07) is 10.3. The third kappa shape index (κ3) is 3.99. The fourth-order valence-electron chi connectivity index (χ4n) is 2.27. The molecule has 0 amide bonds. The number of hydrogen-bond donors (Lipinski definition) is 0. The fourth-order valence-corrected chi connectivity index (χ4v) is 2.49. The Morgan fingerprint density at radius 1 is 1.17 bits per heavy atom.